The number of rotatable bonds is 6. The number of hydrogen-bond donors (Lipinski definition) is 0. The molecule has 0 aliphatic carbocycles. The Balaban J connectivity index is 1.69. The molecule has 0 unspecified atom stereocenters. The number of para-hydroxylation sites is 1. The molecule has 1 aliphatic rings. The summed E-state index contributed by atoms with van der Waals surface area (Å²) in [4.78, 5) is 12.2. The average Bonchev–Trinajstić information content (AvgIpc) is 2.82. The zero-order chi connectivity index (χ0) is 21.8. The minimum atomic E-state index is 0.492. The maximum atomic E-state index is 5.60. The molecule has 0 atom stereocenters. The number of piperidine rings is 1. The van der Waals surface area contributed by atoms with E-state index in [0.717, 1.165) is 54.0 Å². The van der Waals surface area contributed by atoms with Crippen molar-refractivity contribution in [1.82, 2.24) is 9.97 Å². The maximum Gasteiger partial charge on any atom is 0.162 e. The van der Waals surface area contributed by atoms with Crippen molar-refractivity contribution in [2.45, 2.75) is 25.7 Å². The highest BCUT2D eigenvalue weighted by atomic mass is 16.5. The van der Waals surface area contributed by atoms with Crippen molar-refractivity contribution in [1.29, 1.82) is 0 Å². The van der Waals surface area contributed by atoms with Crippen LogP contribution < -0.4 is 9.64 Å². The Hall–Kier alpha value is -3.40. The summed E-state index contributed by atoms with van der Waals surface area (Å²) in [6, 6.07) is 14.7. The highest BCUT2D eigenvalue weighted by Crippen LogP contribution is 2.36. The first-order valence-corrected chi connectivity index (χ1v) is 10.8. The van der Waals surface area contributed by atoms with Gasteiger partial charge in [0.2, 0.25) is 0 Å². The molecule has 158 valence electrons. The lowest BCUT2D eigenvalue weighted by Crippen LogP contribution is -2.34. The van der Waals surface area contributed by atoms with Gasteiger partial charge in [0, 0.05) is 24.0 Å². The summed E-state index contributed by atoms with van der Waals surface area (Å²) in [6.45, 7) is 11.7. The van der Waals surface area contributed by atoms with E-state index in [4.69, 9.17) is 14.7 Å². The van der Waals surface area contributed by atoms with E-state index in [1.165, 1.54) is 11.1 Å². The van der Waals surface area contributed by atoms with E-state index in [9.17, 15) is 0 Å². The summed E-state index contributed by atoms with van der Waals surface area (Å²) in [5, 5.41) is 1.10. The molecule has 1 aromatic heterocycles. The first-order valence-electron chi connectivity index (χ1n) is 10.8. The molecule has 4 heteroatoms. The molecule has 4 rings (SSSR count). The standard InChI is InChI=1S/C27H29N3O/c1-5-9-20(6-2)26-28-24-13-12-19(3)18-23(24)27(29-26)30-16-14-21(15-17-30)22-10-7-8-11-25(22)31-4/h5-13,18,21H,1-2,14-17H2,3-4H3/b20-9+. The molecule has 1 aliphatic heterocycles. The third kappa shape index (κ3) is 4.24. The van der Waals surface area contributed by atoms with E-state index in [2.05, 4.69) is 61.4 Å². The molecule has 1 saturated heterocycles. The van der Waals surface area contributed by atoms with Crippen molar-refractivity contribution in [3.05, 3.63) is 90.8 Å². The van der Waals surface area contributed by atoms with E-state index in [0.29, 0.717) is 11.7 Å². The second kappa shape index (κ2) is 9.17. The summed E-state index contributed by atoms with van der Waals surface area (Å²) in [7, 11) is 1.75. The fourth-order valence-corrected chi connectivity index (χ4v) is 4.36. The number of fused-ring (bicyclic) bond motifs is 1. The molecule has 31 heavy (non-hydrogen) atoms. The van der Waals surface area contributed by atoms with Gasteiger partial charge in [-0.05, 0) is 49.4 Å². The van der Waals surface area contributed by atoms with Gasteiger partial charge in [-0.3, -0.25) is 0 Å². The van der Waals surface area contributed by atoms with Gasteiger partial charge in [0.05, 0.1) is 12.6 Å². The Labute approximate surface area is 184 Å². The van der Waals surface area contributed by atoms with Crippen LogP contribution in [-0.2, 0) is 0 Å². The third-order valence-corrected chi connectivity index (χ3v) is 5.98. The summed E-state index contributed by atoms with van der Waals surface area (Å²) in [5.74, 6) is 3.16. The van der Waals surface area contributed by atoms with Crippen LogP contribution in [0.2, 0.25) is 0 Å². The molecular weight excluding hydrogens is 382 g/mol. The van der Waals surface area contributed by atoms with E-state index in [1.807, 2.05) is 12.1 Å². The van der Waals surface area contributed by atoms with Crippen LogP contribution in [0.1, 0.15) is 35.7 Å². The predicted octanol–water partition coefficient (Wildman–Crippen LogP) is 6.09. The molecular formula is C27H29N3O. The second-order valence-corrected chi connectivity index (χ2v) is 7.96. The Kier molecular flexibility index (Phi) is 6.17. The van der Waals surface area contributed by atoms with Gasteiger partial charge in [0.25, 0.3) is 0 Å². The second-order valence-electron chi connectivity index (χ2n) is 7.96. The Bertz CT molecular complexity index is 1140. The lowest BCUT2D eigenvalue weighted by atomic mass is 9.88. The predicted molar refractivity (Wildman–Crippen MR) is 130 cm³/mol. The van der Waals surface area contributed by atoms with Crippen LogP contribution in [0.15, 0.2) is 73.9 Å². The van der Waals surface area contributed by atoms with Crippen molar-refractivity contribution in [2.24, 2.45) is 0 Å². The minimum absolute atomic E-state index is 0.492. The topological polar surface area (TPSA) is 38.2 Å². The smallest absolute Gasteiger partial charge is 0.162 e. The Morgan fingerprint density at radius 3 is 2.58 bits per heavy atom. The summed E-state index contributed by atoms with van der Waals surface area (Å²) in [5.41, 5.74) is 4.34. The number of ether oxygens (including phenoxy) is 1. The first-order chi connectivity index (χ1) is 15.1. The van der Waals surface area contributed by atoms with E-state index in [1.54, 1.807) is 19.3 Å². The zero-order valence-corrected chi connectivity index (χ0v) is 18.3. The monoisotopic (exact) mass is 411 g/mol. The minimum Gasteiger partial charge on any atom is -0.496 e. The first kappa shape index (κ1) is 20.9. The van der Waals surface area contributed by atoms with Crippen LogP contribution in [0.3, 0.4) is 0 Å². The van der Waals surface area contributed by atoms with Crippen molar-refractivity contribution in [3.63, 3.8) is 0 Å². The number of hydrogen-bond acceptors (Lipinski definition) is 4. The van der Waals surface area contributed by atoms with Crippen LogP contribution >= 0.6 is 0 Å². The van der Waals surface area contributed by atoms with E-state index >= 15 is 0 Å². The lowest BCUT2D eigenvalue weighted by molar-refractivity contribution is 0.397. The lowest BCUT2D eigenvalue weighted by Gasteiger charge is -2.34. The van der Waals surface area contributed by atoms with E-state index in [-0.39, 0.29) is 0 Å². The van der Waals surface area contributed by atoms with Crippen LogP contribution in [0.25, 0.3) is 16.5 Å². The van der Waals surface area contributed by atoms with Gasteiger partial charge in [-0.25, -0.2) is 9.97 Å². The van der Waals surface area contributed by atoms with Crippen LogP contribution in [-0.4, -0.2) is 30.2 Å². The fraction of sp³-hybridized carbons (Fsp3) is 0.259. The number of benzene rings is 2. The van der Waals surface area contributed by atoms with Gasteiger partial charge < -0.3 is 9.64 Å². The van der Waals surface area contributed by atoms with Crippen LogP contribution in [0.5, 0.6) is 5.75 Å². The SMILES string of the molecule is C=C/C=C(\C=C)c1nc(N2CCC(c3ccccc3OC)CC2)c2cc(C)ccc2n1. The number of anilines is 1. The van der Waals surface area contributed by atoms with E-state index < -0.39 is 0 Å². The Morgan fingerprint density at radius 2 is 1.87 bits per heavy atom. The molecule has 0 saturated carbocycles. The summed E-state index contributed by atoms with van der Waals surface area (Å²) >= 11 is 0. The van der Waals surface area contributed by atoms with Crippen LogP contribution in [0, 0.1) is 6.92 Å². The number of nitrogens with zero attached hydrogens (tertiary/aromatic N) is 3. The largest absolute Gasteiger partial charge is 0.496 e. The summed E-state index contributed by atoms with van der Waals surface area (Å²) in [6.07, 6.45) is 7.56. The van der Waals surface area contributed by atoms with Crippen molar-refractivity contribution < 1.29 is 4.74 Å². The van der Waals surface area contributed by atoms with Gasteiger partial charge in [0.15, 0.2) is 5.82 Å². The quantitative estimate of drug-likeness (QED) is 0.460. The molecule has 3 aromatic rings. The molecule has 2 aromatic carbocycles. The number of allylic oxidation sites excluding steroid dienone is 4. The van der Waals surface area contributed by atoms with Crippen molar-refractivity contribution in [2.75, 3.05) is 25.1 Å². The third-order valence-electron chi connectivity index (χ3n) is 5.98. The highest BCUT2D eigenvalue weighted by Gasteiger charge is 2.25. The molecule has 0 N–H and O–H groups in total. The molecule has 0 radical (unpaired) electrons. The molecule has 0 spiro atoms. The normalized spacial score (nSPS) is 15.2. The molecule has 0 amide bonds. The summed E-state index contributed by atoms with van der Waals surface area (Å²) < 4.78 is 5.60. The number of methoxy groups -OCH3 is 1. The van der Waals surface area contributed by atoms with Gasteiger partial charge >= 0.3 is 0 Å². The average molecular weight is 412 g/mol. The van der Waals surface area contributed by atoms with Gasteiger partial charge in [-0.15, -0.1) is 0 Å². The molecule has 4 nitrogen and oxygen atoms in total. The molecule has 1 fully saturated rings. The van der Waals surface area contributed by atoms with Crippen molar-refractivity contribution in [3.8, 4) is 5.75 Å². The molecule has 0 bridgehead atoms. The fourth-order valence-electron chi connectivity index (χ4n) is 4.36. The number of aromatic nitrogens is 2. The van der Waals surface area contributed by atoms with Gasteiger partial charge in [-0.2, -0.15) is 0 Å². The highest BCUT2D eigenvalue weighted by molar-refractivity contribution is 5.91. The maximum absolute atomic E-state index is 5.60. The number of aryl methyl sites for hydroxylation is 1. The Morgan fingerprint density at radius 1 is 1.10 bits per heavy atom. The van der Waals surface area contributed by atoms with Gasteiger partial charge in [-0.1, -0.05) is 61.2 Å². The zero-order valence-electron chi connectivity index (χ0n) is 18.3. The molecule has 2 heterocycles. The van der Waals surface area contributed by atoms with Gasteiger partial charge in [0.1, 0.15) is 11.6 Å². The van der Waals surface area contributed by atoms with Crippen molar-refractivity contribution >= 4 is 22.3 Å². The van der Waals surface area contributed by atoms with Crippen LogP contribution in [0.4, 0.5) is 5.82 Å².